The smallest absolute Gasteiger partial charge is 0.193 e. The normalized spacial score (nSPS) is 19.0. The third kappa shape index (κ3) is 4.77. The largest absolute Gasteiger partial charge is 0.508 e. The second kappa shape index (κ2) is 8.92. The van der Waals surface area contributed by atoms with E-state index in [-0.39, 0.29) is 24.0 Å². The maximum Gasteiger partial charge on any atom is 0.193 e. The number of hydrogen-bond acceptors (Lipinski definition) is 2. The van der Waals surface area contributed by atoms with Crippen LogP contribution in [0.5, 0.6) is 5.75 Å². The topological polar surface area (TPSA) is 47.9 Å². The summed E-state index contributed by atoms with van der Waals surface area (Å²) >= 11 is 0. The lowest BCUT2D eigenvalue weighted by Gasteiger charge is -2.38. The van der Waals surface area contributed by atoms with Crippen molar-refractivity contribution in [1.82, 2.24) is 10.2 Å². The van der Waals surface area contributed by atoms with E-state index in [1.165, 1.54) is 37.8 Å². The molecule has 134 valence electrons. The molecular formula is C19H30IN3O. The molecule has 5 heteroatoms. The SMILES string of the molecule is CCNC(=NCCCc1ccc(O)cc1)N1CCC2(CCC2)C1.I. The summed E-state index contributed by atoms with van der Waals surface area (Å²) in [6.07, 6.45) is 7.61. The molecule has 0 radical (unpaired) electrons. The summed E-state index contributed by atoms with van der Waals surface area (Å²) < 4.78 is 0. The van der Waals surface area contributed by atoms with Gasteiger partial charge in [0.15, 0.2) is 5.96 Å². The highest BCUT2D eigenvalue weighted by Crippen LogP contribution is 2.47. The molecule has 0 amide bonds. The Morgan fingerprint density at radius 1 is 1.25 bits per heavy atom. The van der Waals surface area contributed by atoms with Crippen LogP contribution in [0.4, 0.5) is 0 Å². The molecule has 0 aromatic heterocycles. The third-order valence-corrected chi connectivity index (χ3v) is 5.31. The molecule has 2 N–H and O–H groups in total. The van der Waals surface area contributed by atoms with Gasteiger partial charge in [-0.1, -0.05) is 18.6 Å². The Morgan fingerprint density at radius 3 is 2.58 bits per heavy atom. The van der Waals surface area contributed by atoms with Crippen LogP contribution in [0.3, 0.4) is 0 Å². The molecule has 3 rings (SSSR count). The van der Waals surface area contributed by atoms with Crippen LogP contribution in [0.2, 0.25) is 0 Å². The molecular weight excluding hydrogens is 413 g/mol. The van der Waals surface area contributed by atoms with Crippen LogP contribution in [0.25, 0.3) is 0 Å². The van der Waals surface area contributed by atoms with Crippen molar-refractivity contribution in [3.05, 3.63) is 29.8 Å². The van der Waals surface area contributed by atoms with Crippen molar-refractivity contribution in [1.29, 1.82) is 0 Å². The van der Waals surface area contributed by atoms with Gasteiger partial charge in [-0.2, -0.15) is 0 Å². The summed E-state index contributed by atoms with van der Waals surface area (Å²) in [4.78, 5) is 7.30. The Hall–Kier alpha value is -0.980. The van der Waals surface area contributed by atoms with Gasteiger partial charge in [0.2, 0.25) is 0 Å². The Kier molecular flexibility index (Phi) is 7.19. The van der Waals surface area contributed by atoms with Crippen LogP contribution < -0.4 is 5.32 Å². The highest BCUT2D eigenvalue weighted by atomic mass is 127. The maximum absolute atomic E-state index is 9.31. The van der Waals surface area contributed by atoms with E-state index in [2.05, 4.69) is 17.1 Å². The summed E-state index contributed by atoms with van der Waals surface area (Å²) in [6, 6.07) is 7.49. The van der Waals surface area contributed by atoms with E-state index in [4.69, 9.17) is 4.99 Å². The van der Waals surface area contributed by atoms with Crippen molar-refractivity contribution in [3.8, 4) is 5.75 Å². The van der Waals surface area contributed by atoms with Crippen LogP contribution in [0.15, 0.2) is 29.3 Å². The van der Waals surface area contributed by atoms with E-state index >= 15 is 0 Å². The van der Waals surface area contributed by atoms with E-state index < -0.39 is 0 Å². The van der Waals surface area contributed by atoms with Gasteiger partial charge in [-0.3, -0.25) is 4.99 Å². The quantitative estimate of drug-likeness (QED) is 0.315. The fourth-order valence-electron chi connectivity index (χ4n) is 3.76. The second-order valence-corrected chi connectivity index (χ2v) is 7.03. The molecule has 0 unspecified atom stereocenters. The Bertz CT molecular complexity index is 540. The third-order valence-electron chi connectivity index (χ3n) is 5.31. The number of guanidine groups is 1. The molecule has 1 heterocycles. The first kappa shape index (κ1) is 19.3. The number of aliphatic imine (C=N–C) groups is 1. The van der Waals surface area contributed by atoms with Gasteiger partial charge in [-0.15, -0.1) is 24.0 Å². The summed E-state index contributed by atoms with van der Waals surface area (Å²) in [7, 11) is 0. The van der Waals surface area contributed by atoms with Crippen LogP contribution in [0.1, 0.15) is 44.6 Å². The number of hydrogen-bond donors (Lipinski definition) is 2. The monoisotopic (exact) mass is 443 g/mol. The van der Waals surface area contributed by atoms with Gasteiger partial charge in [0.25, 0.3) is 0 Å². The number of halogens is 1. The van der Waals surface area contributed by atoms with E-state index in [0.29, 0.717) is 11.2 Å². The minimum absolute atomic E-state index is 0. The minimum atomic E-state index is 0. The number of aryl methyl sites for hydroxylation is 1. The number of phenols is 1. The van der Waals surface area contributed by atoms with Gasteiger partial charge < -0.3 is 15.3 Å². The lowest BCUT2D eigenvalue weighted by atomic mass is 9.68. The summed E-state index contributed by atoms with van der Waals surface area (Å²) in [6.45, 7) is 6.27. The predicted molar refractivity (Wildman–Crippen MR) is 110 cm³/mol. The molecule has 1 aliphatic carbocycles. The molecule has 0 atom stereocenters. The van der Waals surface area contributed by atoms with Gasteiger partial charge >= 0.3 is 0 Å². The standard InChI is InChI=1S/C19H29N3O.HI/c1-2-20-18(22-14-12-19(15-22)10-4-11-19)21-13-3-5-16-6-8-17(23)9-7-16;/h6-9,23H,2-5,10-15H2,1H3,(H,20,21);1H. The van der Waals surface area contributed by atoms with E-state index in [9.17, 15) is 5.11 Å². The lowest BCUT2D eigenvalue weighted by molar-refractivity contribution is 0.151. The van der Waals surface area contributed by atoms with Crippen molar-refractivity contribution in [2.45, 2.75) is 45.4 Å². The number of nitrogens with zero attached hydrogens (tertiary/aromatic N) is 2. The van der Waals surface area contributed by atoms with Crippen molar-refractivity contribution in [3.63, 3.8) is 0 Å². The summed E-state index contributed by atoms with van der Waals surface area (Å²) in [5.41, 5.74) is 1.87. The molecule has 1 aromatic rings. The van der Waals surface area contributed by atoms with E-state index in [0.717, 1.165) is 38.4 Å². The zero-order valence-corrected chi connectivity index (χ0v) is 17.0. The molecule has 1 saturated heterocycles. The summed E-state index contributed by atoms with van der Waals surface area (Å²) in [5, 5.41) is 12.8. The Labute approximate surface area is 162 Å². The highest BCUT2D eigenvalue weighted by molar-refractivity contribution is 14.0. The van der Waals surface area contributed by atoms with Crippen molar-refractivity contribution < 1.29 is 5.11 Å². The average molecular weight is 443 g/mol. The summed E-state index contributed by atoms with van der Waals surface area (Å²) in [5.74, 6) is 1.43. The fourth-order valence-corrected chi connectivity index (χ4v) is 3.76. The highest BCUT2D eigenvalue weighted by Gasteiger charge is 2.43. The molecule has 1 saturated carbocycles. The maximum atomic E-state index is 9.31. The van der Waals surface area contributed by atoms with Gasteiger partial charge in [0.1, 0.15) is 5.75 Å². The molecule has 2 fully saturated rings. The van der Waals surface area contributed by atoms with Crippen LogP contribution >= 0.6 is 24.0 Å². The molecule has 1 spiro atoms. The minimum Gasteiger partial charge on any atom is -0.508 e. The first-order chi connectivity index (χ1) is 11.2. The fraction of sp³-hybridized carbons (Fsp3) is 0.632. The average Bonchev–Trinajstić information content (AvgIpc) is 2.98. The number of rotatable bonds is 5. The first-order valence-electron chi connectivity index (χ1n) is 9.02. The van der Waals surface area contributed by atoms with Gasteiger partial charge in [-0.05, 0) is 62.1 Å². The zero-order valence-electron chi connectivity index (χ0n) is 14.6. The number of likely N-dealkylation sites (tertiary alicyclic amines) is 1. The molecule has 4 nitrogen and oxygen atoms in total. The number of benzene rings is 1. The Balaban J connectivity index is 0.00000208. The number of aromatic hydroxyl groups is 1. The molecule has 24 heavy (non-hydrogen) atoms. The zero-order chi connectivity index (χ0) is 16.1. The van der Waals surface area contributed by atoms with Crippen molar-refractivity contribution >= 4 is 29.9 Å². The Morgan fingerprint density at radius 2 is 2.00 bits per heavy atom. The van der Waals surface area contributed by atoms with Gasteiger partial charge in [0.05, 0.1) is 0 Å². The molecule has 2 aliphatic rings. The van der Waals surface area contributed by atoms with Gasteiger partial charge in [-0.25, -0.2) is 0 Å². The van der Waals surface area contributed by atoms with Crippen LogP contribution in [-0.4, -0.2) is 42.1 Å². The van der Waals surface area contributed by atoms with Crippen LogP contribution in [0, 0.1) is 5.41 Å². The van der Waals surface area contributed by atoms with Crippen molar-refractivity contribution in [2.24, 2.45) is 10.4 Å². The second-order valence-electron chi connectivity index (χ2n) is 7.03. The molecule has 1 aromatic carbocycles. The first-order valence-corrected chi connectivity index (χ1v) is 9.02. The molecule has 0 bridgehead atoms. The number of nitrogens with one attached hydrogen (secondary N) is 1. The van der Waals surface area contributed by atoms with Crippen molar-refractivity contribution in [2.75, 3.05) is 26.2 Å². The van der Waals surface area contributed by atoms with E-state index in [1.807, 2.05) is 12.1 Å². The lowest BCUT2D eigenvalue weighted by Crippen LogP contribution is -2.42. The van der Waals surface area contributed by atoms with Gasteiger partial charge in [0, 0.05) is 26.2 Å². The molecule has 1 aliphatic heterocycles. The number of phenolic OH excluding ortho intramolecular Hbond substituents is 1. The van der Waals surface area contributed by atoms with Crippen LogP contribution in [-0.2, 0) is 6.42 Å². The predicted octanol–water partition coefficient (Wildman–Crippen LogP) is 3.78. The van der Waals surface area contributed by atoms with E-state index in [1.54, 1.807) is 12.1 Å².